The number of aldehydes is 1. The number of hydrogen-bond acceptors (Lipinski definition) is 3. The van der Waals surface area contributed by atoms with Gasteiger partial charge in [0.2, 0.25) is 5.79 Å². The molecule has 1 saturated heterocycles. The third kappa shape index (κ3) is 1.55. The Bertz CT molecular complexity index is 135. The van der Waals surface area contributed by atoms with Gasteiger partial charge < -0.3 is 9.47 Å². The summed E-state index contributed by atoms with van der Waals surface area (Å²) in [6.07, 6.45) is 1.69. The van der Waals surface area contributed by atoms with E-state index < -0.39 is 5.79 Å². The van der Waals surface area contributed by atoms with Crippen LogP contribution < -0.4 is 0 Å². The minimum absolute atomic E-state index is 0.129. The fraction of sp³-hybridized carbons (Fsp3) is 0.857. The van der Waals surface area contributed by atoms with Crippen molar-refractivity contribution in [2.24, 2.45) is 0 Å². The summed E-state index contributed by atoms with van der Waals surface area (Å²) in [7, 11) is 0. The topological polar surface area (TPSA) is 35.5 Å². The molecule has 0 aromatic heterocycles. The molecule has 3 heteroatoms. The first-order valence-electron chi connectivity index (χ1n) is 3.44. The maximum Gasteiger partial charge on any atom is 0.223 e. The Kier molecular flexibility index (Phi) is 2.06. The van der Waals surface area contributed by atoms with E-state index in [1.807, 2.05) is 6.92 Å². The summed E-state index contributed by atoms with van der Waals surface area (Å²) in [5.74, 6) is -0.988. The van der Waals surface area contributed by atoms with E-state index in [2.05, 4.69) is 0 Å². The second-order valence-corrected chi connectivity index (χ2v) is 2.70. The van der Waals surface area contributed by atoms with Gasteiger partial charge in [0.1, 0.15) is 0 Å². The zero-order valence-electron chi connectivity index (χ0n) is 6.29. The van der Waals surface area contributed by atoms with Gasteiger partial charge in [-0.15, -0.1) is 0 Å². The van der Waals surface area contributed by atoms with Crippen LogP contribution in [0.5, 0.6) is 0 Å². The third-order valence-electron chi connectivity index (χ3n) is 1.56. The highest BCUT2D eigenvalue weighted by Gasteiger charge is 2.31. The molecule has 3 nitrogen and oxygen atoms in total. The molecule has 10 heavy (non-hydrogen) atoms. The van der Waals surface area contributed by atoms with Gasteiger partial charge in [0.15, 0.2) is 6.29 Å². The van der Waals surface area contributed by atoms with Crippen molar-refractivity contribution in [3.05, 3.63) is 0 Å². The molecule has 1 aliphatic rings. The minimum Gasteiger partial charge on any atom is -0.344 e. The van der Waals surface area contributed by atoms with Crippen molar-refractivity contribution in [3.63, 3.8) is 0 Å². The molecule has 0 aromatic rings. The highest BCUT2D eigenvalue weighted by Crippen LogP contribution is 2.19. The molecule has 0 spiro atoms. The zero-order valence-corrected chi connectivity index (χ0v) is 6.29. The van der Waals surface area contributed by atoms with E-state index in [0.717, 1.165) is 6.42 Å². The SMILES string of the molecule is C[C@@H]1CCO[C@@](C)(C=O)O1. The van der Waals surface area contributed by atoms with Crippen LogP contribution in [0.1, 0.15) is 20.3 Å². The van der Waals surface area contributed by atoms with Crippen molar-refractivity contribution in [2.45, 2.75) is 32.2 Å². The molecule has 0 N–H and O–H groups in total. The minimum atomic E-state index is -0.988. The number of rotatable bonds is 1. The number of hydrogen-bond donors (Lipinski definition) is 0. The van der Waals surface area contributed by atoms with Crippen molar-refractivity contribution < 1.29 is 14.3 Å². The predicted molar refractivity (Wildman–Crippen MR) is 35.6 cm³/mol. The van der Waals surface area contributed by atoms with E-state index in [1.165, 1.54) is 0 Å². The lowest BCUT2D eigenvalue weighted by Crippen LogP contribution is -2.42. The Balaban J connectivity index is 2.53. The quantitative estimate of drug-likeness (QED) is 0.509. The summed E-state index contributed by atoms with van der Waals surface area (Å²) in [6.45, 7) is 4.18. The molecular weight excluding hydrogens is 132 g/mol. The van der Waals surface area contributed by atoms with Crippen LogP contribution in [0.25, 0.3) is 0 Å². The normalized spacial score (nSPS) is 41.2. The Morgan fingerprint density at radius 2 is 2.40 bits per heavy atom. The van der Waals surface area contributed by atoms with E-state index in [9.17, 15) is 4.79 Å². The molecular formula is C7H12O3. The average Bonchev–Trinajstić information content (AvgIpc) is 1.88. The Hall–Kier alpha value is -0.410. The summed E-state index contributed by atoms with van der Waals surface area (Å²) in [5.41, 5.74) is 0. The van der Waals surface area contributed by atoms with Gasteiger partial charge >= 0.3 is 0 Å². The molecule has 0 amide bonds. The third-order valence-corrected chi connectivity index (χ3v) is 1.56. The van der Waals surface area contributed by atoms with Gasteiger partial charge in [0, 0.05) is 0 Å². The standard InChI is InChI=1S/C7H12O3/c1-6-3-4-9-7(2,5-8)10-6/h5-6H,3-4H2,1-2H3/t6-,7-/m1/s1. The van der Waals surface area contributed by atoms with Crippen LogP contribution in [-0.2, 0) is 14.3 Å². The van der Waals surface area contributed by atoms with Gasteiger partial charge in [-0.3, -0.25) is 4.79 Å². The van der Waals surface area contributed by atoms with Gasteiger partial charge in [-0.2, -0.15) is 0 Å². The summed E-state index contributed by atoms with van der Waals surface area (Å²) < 4.78 is 10.3. The van der Waals surface area contributed by atoms with E-state index in [4.69, 9.17) is 9.47 Å². The first-order chi connectivity index (χ1) is 4.66. The summed E-state index contributed by atoms with van der Waals surface area (Å²) in [5, 5.41) is 0. The van der Waals surface area contributed by atoms with Gasteiger partial charge in [0.25, 0.3) is 0 Å². The van der Waals surface area contributed by atoms with Crippen LogP contribution >= 0.6 is 0 Å². The van der Waals surface area contributed by atoms with Crippen LogP contribution in [0.3, 0.4) is 0 Å². The second-order valence-electron chi connectivity index (χ2n) is 2.70. The molecule has 0 aromatic carbocycles. The lowest BCUT2D eigenvalue weighted by molar-refractivity contribution is -0.256. The van der Waals surface area contributed by atoms with E-state index >= 15 is 0 Å². The van der Waals surface area contributed by atoms with Crippen molar-refractivity contribution in [3.8, 4) is 0 Å². The van der Waals surface area contributed by atoms with Crippen LogP contribution in [0.15, 0.2) is 0 Å². The molecule has 58 valence electrons. The van der Waals surface area contributed by atoms with Crippen LogP contribution in [-0.4, -0.2) is 24.8 Å². The monoisotopic (exact) mass is 144 g/mol. The van der Waals surface area contributed by atoms with Crippen LogP contribution in [0, 0.1) is 0 Å². The van der Waals surface area contributed by atoms with Crippen molar-refractivity contribution in [2.75, 3.05) is 6.61 Å². The van der Waals surface area contributed by atoms with E-state index in [0.29, 0.717) is 12.9 Å². The number of ether oxygens (including phenoxy) is 2. The van der Waals surface area contributed by atoms with E-state index in [-0.39, 0.29) is 6.10 Å². The van der Waals surface area contributed by atoms with Crippen molar-refractivity contribution >= 4 is 6.29 Å². The van der Waals surface area contributed by atoms with Crippen molar-refractivity contribution in [1.82, 2.24) is 0 Å². The zero-order chi connectivity index (χ0) is 7.61. The molecule has 1 heterocycles. The maximum absolute atomic E-state index is 10.4. The molecule has 2 atom stereocenters. The van der Waals surface area contributed by atoms with Gasteiger partial charge in [-0.1, -0.05) is 0 Å². The lowest BCUT2D eigenvalue weighted by Gasteiger charge is -2.32. The number of carbonyl (C=O) groups is 1. The highest BCUT2D eigenvalue weighted by molar-refractivity contribution is 5.59. The molecule has 0 saturated carbocycles. The smallest absolute Gasteiger partial charge is 0.223 e. The molecule has 1 aliphatic heterocycles. The Morgan fingerprint density at radius 3 is 2.80 bits per heavy atom. The summed E-state index contributed by atoms with van der Waals surface area (Å²) in [4.78, 5) is 10.4. The van der Waals surface area contributed by atoms with Crippen LogP contribution in [0.2, 0.25) is 0 Å². The maximum atomic E-state index is 10.4. The van der Waals surface area contributed by atoms with Gasteiger partial charge in [0.05, 0.1) is 12.7 Å². The lowest BCUT2D eigenvalue weighted by atomic mass is 10.2. The molecule has 0 unspecified atom stereocenters. The first kappa shape index (κ1) is 7.69. The summed E-state index contributed by atoms with van der Waals surface area (Å²) >= 11 is 0. The summed E-state index contributed by atoms with van der Waals surface area (Å²) in [6, 6.07) is 0. The fourth-order valence-electron chi connectivity index (χ4n) is 0.982. The largest absolute Gasteiger partial charge is 0.344 e. The first-order valence-corrected chi connectivity index (χ1v) is 3.44. The molecule has 0 bridgehead atoms. The molecule has 0 aliphatic carbocycles. The van der Waals surface area contributed by atoms with Gasteiger partial charge in [-0.25, -0.2) is 0 Å². The van der Waals surface area contributed by atoms with Crippen LogP contribution in [0.4, 0.5) is 0 Å². The Morgan fingerprint density at radius 1 is 1.70 bits per heavy atom. The number of carbonyl (C=O) groups excluding carboxylic acids is 1. The average molecular weight is 144 g/mol. The van der Waals surface area contributed by atoms with E-state index in [1.54, 1.807) is 6.92 Å². The van der Waals surface area contributed by atoms with Crippen molar-refractivity contribution in [1.29, 1.82) is 0 Å². The highest BCUT2D eigenvalue weighted by atomic mass is 16.7. The predicted octanol–water partition coefficient (Wildman–Crippen LogP) is 0.727. The molecule has 1 rings (SSSR count). The molecule has 1 fully saturated rings. The second kappa shape index (κ2) is 2.68. The Labute approximate surface area is 60.3 Å². The molecule has 0 radical (unpaired) electrons. The van der Waals surface area contributed by atoms with Gasteiger partial charge in [-0.05, 0) is 20.3 Å². The fourth-order valence-corrected chi connectivity index (χ4v) is 0.982.